The summed E-state index contributed by atoms with van der Waals surface area (Å²) in [5.41, 5.74) is 0. The standard InChI is InChI=1S/C15H34N2O/c1-6-8-10-17(11-9-7-2)15(13-18-5)12-16-14(3)4/h14-16H,6-13H2,1-5H3. The summed E-state index contributed by atoms with van der Waals surface area (Å²) in [5.74, 6) is 0. The summed E-state index contributed by atoms with van der Waals surface area (Å²) in [6.07, 6.45) is 5.09. The van der Waals surface area contributed by atoms with Crippen LogP contribution >= 0.6 is 0 Å². The first-order valence-corrected chi connectivity index (χ1v) is 7.62. The van der Waals surface area contributed by atoms with Crippen molar-refractivity contribution < 1.29 is 4.74 Å². The van der Waals surface area contributed by atoms with Crippen molar-refractivity contribution >= 4 is 0 Å². The van der Waals surface area contributed by atoms with Gasteiger partial charge in [0.15, 0.2) is 0 Å². The van der Waals surface area contributed by atoms with E-state index in [0.29, 0.717) is 12.1 Å². The van der Waals surface area contributed by atoms with Crippen LogP contribution < -0.4 is 5.32 Å². The third-order valence-corrected chi connectivity index (χ3v) is 3.23. The van der Waals surface area contributed by atoms with Gasteiger partial charge in [0.1, 0.15) is 0 Å². The molecule has 0 saturated heterocycles. The fourth-order valence-corrected chi connectivity index (χ4v) is 2.06. The van der Waals surface area contributed by atoms with E-state index in [4.69, 9.17) is 4.74 Å². The maximum atomic E-state index is 5.40. The summed E-state index contributed by atoms with van der Waals surface area (Å²) >= 11 is 0. The lowest BCUT2D eigenvalue weighted by molar-refractivity contribution is 0.0858. The van der Waals surface area contributed by atoms with E-state index < -0.39 is 0 Å². The molecule has 0 radical (unpaired) electrons. The quantitative estimate of drug-likeness (QED) is 0.582. The van der Waals surface area contributed by atoms with Crippen molar-refractivity contribution in [3.05, 3.63) is 0 Å². The van der Waals surface area contributed by atoms with Crippen molar-refractivity contribution in [2.45, 2.75) is 65.5 Å². The van der Waals surface area contributed by atoms with Crippen LogP contribution in [0, 0.1) is 0 Å². The molecule has 0 amide bonds. The van der Waals surface area contributed by atoms with Gasteiger partial charge in [0.2, 0.25) is 0 Å². The summed E-state index contributed by atoms with van der Waals surface area (Å²) in [6.45, 7) is 13.2. The van der Waals surface area contributed by atoms with Gasteiger partial charge in [-0.25, -0.2) is 0 Å². The molecule has 3 nitrogen and oxygen atoms in total. The van der Waals surface area contributed by atoms with Crippen LogP contribution in [-0.2, 0) is 4.74 Å². The minimum atomic E-state index is 0.510. The molecule has 0 bridgehead atoms. The highest BCUT2D eigenvalue weighted by Gasteiger charge is 2.17. The Labute approximate surface area is 114 Å². The van der Waals surface area contributed by atoms with Crippen molar-refractivity contribution in [1.82, 2.24) is 10.2 Å². The van der Waals surface area contributed by atoms with Gasteiger partial charge < -0.3 is 10.1 Å². The molecule has 1 atom stereocenters. The van der Waals surface area contributed by atoms with Gasteiger partial charge in [-0.15, -0.1) is 0 Å². The number of rotatable bonds is 12. The second-order valence-corrected chi connectivity index (χ2v) is 5.42. The van der Waals surface area contributed by atoms with Crippen molar-refractivity contribution in [2.24, 2.45) is 0 Å². The SMILES string of the molecule is CCCCN(CCCC)C(CNC(C)C)COC. The predicted molar refractivity (Wildman–Crippen MR) is 80.2 cm³/mol. The largest absolute Gasteiger partial charge is 0.383 e. The average molecular weight is 258 g/mol. The van der Waals surface area contributed by atoms with Crippen LogP contribution in [0.1, 0.15) is 53.4 Å². The van der Waals surface area contributed by atoms with E-state index >= 15 is 0 Å². The number of nitrogens with zero attached hydrogens (tertiary/aromatic N) is 1. The molecule has 0 aromatic heterocycles. The number of hydrogen-bond acceptors (Lipinski definition) is 3. The van der Waals surface area contributed by atoms with Crippen molar-refractivity contribution in [3.8, 4) is 0 Å². The highest BCUT2D eigenvalue weighted by molar-refractivity contribution is 4.75. The van der Waals surface area contributed by atoms with Crippen LogP contribution in [0.25, 0.3) is 0 Å². The van der Waals surface area contributed by atoms with Crippen molar-refractivity contribution in [1.29, 1.82) is 0 Å². The third-order valence-electron chi connectivity index (χ3n) is 3.23. The summed E-state index contributed by atoms with van der Waals surface area (Å²) in [6, 6.07) is 1.05. The first-order chi connectivity index (χ1) is 8.65. The van der Waals surface area contributed by atoms with Gasteiger partial charge in [0.25, 0.3) is 0 Å². The van der Waals surface area contributed by atoms with Crippen LogP contribution in [0.3, 0.4) is 0 Å². The Bertz CT molecular complexity index is 166. The zero-order valence-corrected chi connectivity index (χ0v) is 13.2. The van der Waals surface area contributed by atoms with Crippen molar-refractivity contribution in [2.75, 3.05) is 33.4 Å². The van der Waals surface area contributed by atoms with E-state index in [9.17, 15) is 0 Å². The van der Waals surface area contributed by atoms with Crippen LogP contribution in [0.4, 0.5) is 0 Å². The van der Waals surface area contributed by atoms with Gasteiger partial charge in [-0.1, -0.05) is 40.5 Å². The predicted octanol–water partition coefficient (Wildman–Crippen LogP) is 2.90. The second-order valence-electron chi connectivity index (χ2n) is 5.42. The van der Waals surface area contributed by atoms with Gasteiger partial charge in [-0.05, 0) is 25.9 Å². The van der Waals surface area contributed by atoms with Crippen LogP contribution in [0.2, 0.25) is 0 Å². The zero-order chi connectivity index (χ0) is 13.8. The fourth-order valence-electron chi connectivity index (χ4n) is 2.06. The van der Waals surface area contributed by atoms with Crippen LogP contribution in [0.15, 0.2) is 0 Å². The maximum absolute atomic E-state index is 5.40. The van der Waals surface area contributed by atoms with Gasteiger partial charge in [-0.3, -0.25) is 4.90 Å². The molecule has 3 heteroatoms. The number of ether oxygens (including phenoxy) is 1. The molecule has 0 heterocycles. The Hall–Kier alpha value is -0.120. The number of nitrogens with one attached hydrogen (secondary N) is 1. The fraction of sp³-hybridized carbons (Fsp3) is 1.00. The first kappa shape index (κ1) is 17.9. The molecular formula is C15H34N2O. The summed E-state index contributed by atoms with van der Waals surface area (Å²) in [4.78, 5) is 2.60. The number of hydrogen-bond donors (Lipinski definition) is 1. The highest BCUT2D eigenvalue weighted by Crippen LogP contribution is 2.06. The number of methoxy groups -OCH3 is 1. The van der Waals surface area contributed by atoms with E-state index in [1.165, 1.54) is 38.8 Å². The van der Waals surface area contributed by atoms with Gasteiger partial charge in [-0.2, -0.15) is 0 Å². The molecule has 0 saturated carbocycles. The molecular weight excluding hydrogens is 224 g/mol. The maximum Gasteiger partial charge on any atom is 0.0630 e. The van der Waals surface area contributed by atoms with Crippen LogP contribution in [0.5, 0.6) is 0 Å². The van der Waals surface area contributed by atoms with E-state index in [-0.39, 0.29) is 0 Å². The molecule has 1 N–H and O–H groups in total. The van der Waals surface area contributed by atoms with Gasteiger partial charge in [0.05, 0.1) is 6.61 Å². The molecule has 18 heavy (non-hydrogen) atoms. The second kappa shape index (κ2) is 11.9. The van der Waals surface area contributed by atoms with E-state index in [1.54, 1.807) is 7.11 Å². The molecule has 0 spiro atoms. The molecule has 0 aromatic rings. The van der Waals surface area contributed by atoms with E-state index in [1.807, 2.05) is 0 Å². The van der Waals surface area contributed by atoms with Crippen LogP contribution in [-0.4, -0.2) is 50.3 Å². The molecule has 0 aromatic carbocycles. The summed E-state index contributed by atoms with van der Waals surface area (Å²) in [7, 11) is 1.81. The minimum Gasteiger partial charge on any atom is -0.383 e. The van der Waals surface area contributed by atoms with E-state index in [2.05, 4.69) is 37.9 Å². The monoisotopic (exact) mass is 258 g/mol. The highest BCUT2D eigenvalue weighted by atomic mass is 16.5. The Morgan fingerprint density at radius 1 is 1.06 bits per heavy atom. The summed E-state index contributed by atoms with van der Waals surface area (Å²) in [5, 5.41) is 3.54. The molecule has 1 unspecified atom stereocenters. The zero-order valence-electron chi connectivity index (χ0n) is 13.2. The van der Waals surface area contributed by atoms with Gasteiger partial charge >= 0.3 is 0 Å². The number of unbranched alkanes of at least 4 members (excludes halogenated alkanes) is 2. The smallest absolute Gasteiger partial charge is 0.0630 e. The van der Waals surface area contributed by atoms with E-state index in [0.717, 1.165) is 13.2 Å². The lowest BCUT2D eigenvalue weighted by Gasteiger charge is -2.32. The Kier molecular flexibility index (Phi) is 11.9. The first-order valence-electron chi connectivity index (χ1n) is 7.62. The minimum absolute atomic E-state index is 0.510. The van der Waals surface area contributed by atoms with Crippen molar-refractivity contribution in [3.63, 3.8) is 0 Å². The molecule has 0 rings (SSSR count). The molecule has 0 aliphatic rings. The molecule has 0 fully saturated rings. The molecule has 110 valence electrons. The topological polar surface area (TPSA) is 24.5 Å². The summed E-state index contributed by atoms with van der Waals surface area (Å²) < 4.78 is 5.40. The lowest BCUT2D eigenvalue weighted by atomic mass is 10.2. The van der Waals surface area contributed by atoms with Gasteiger partial charge in [0, 0.05) is 25.7 Å². The Morgan fingerprint density at radius 2 is 1.61 bits per heavy atom. The Morgan fingerprint density at radius 3 is 2.00 bits per heavy atom. The molecule has 0 aliphatic heterocycles. The normalized spacial score (nSPS) is 13.5. The third kappa shape index (κ3) is 8.90. The average Bonchev–Trinajstić information content (AvgIpc) is 2.35. The Balaban J connectivity index is 4.30. The lowest BCUT2D eigenvalue weighted by Crippen LogP contribution is -2.47. The molecule has 0 aliphatic carbocycles.